The van der Waals surface area contributed by atoms with Crippen LogP contribution in [0.15, 0.2) is 58.3 Å². The summed E-state index contributed by atoms with van der Waals surface area (Å²) in [5.41, 5.74) is 0.0544. The largest absolute Gasteiger partial charge is 0.507 e. The molecule has 0 aliphatic heterocycles. The maximum atomic E-state index is 11.6. The predicted octanol–water partition coefficient (Wildman–Crippen LogP) is 2.69. The number of aromatic hydroxyl groups is 1. The molecular weight excluding hydrogens is 428 g/mol. The number of rotatable bonds is 5. The van der Waals surface area contributed by atoms with Crippen LogP contribution in [-0.4, -0.2) is 36.0 Å². The lowest BCUT2D eigenvalue weighted by Gasteiger charge is -2.14. The minimum absolute atomic E-state index is 0.0110. The van der Waals surface area contributed by atoms with E-state index in [2.05, 4.69) is 5.32 Å². The molecular formula is C16H12N2O9S2. The number of fused-ring (bicyclic) bond motifs is 1. The van der Waals surface area contributed by atoms with Crippen molar-refractivity contribution in [3.8, 4) is 5.75 Å². The first-order chi connectivity index (χ1) is 13.4. The van der Waals surface area contributed by atoms with Crippen LogP contribution in [0.25, 0.3) is 10.8 Å². The zero-order valence-corrected chi connectivity index (χ0v) is 15.8. The standard InChI is InChI=1S/C16H12N2O9S2/c19-15-8-13(29(25,26)27)6-9-5-12(28(22,23)24)7-14(16(9)15)17-10-1-3-11(4-2-10)18(20)21/h1-8,17,19H,(H,22,23,24)(H,25,26,27). The molecule has 3 aromatic carbocycles. The van der Waals surface area contributed by atoms with Crippen molar-refractivity contribution in [3.63, 3.8) is 0 Å². The Bertz CT molecular complexity index is 1340. The van der Waals surface area contributed by atoms with E-state index in [9.17, 15) is 41.2 Å². The van der Waals surface area contributed by atoms with Crippen LogP contribution in [0.4, 0.5) is 17.1 Å². The minimum Gasteiger partial charge on any atom is -0.507 e. The average Bonchev–Trinajstić information content (AvgIpc) is 2.60. The van der Waals surface area contributed by atoms with Gasteiger partial charge < -0.3 is 10.4 Å². The molecule has 0 fully saturated rings. The van der Waals surface area contributed by atoms with Crippen LogP contribution in [0.1, 0.15) is 0 Å². The topological polar surface area (TPSA) is 184 Å². The molecule has 0 atom stereocenters. The normalized spacial score (nSPS) is 12.1. The number of nitro benzene ring substituents is 1. The van der Waals surface area contributed by atoms with E-state index in [-0.39, 0.29) is 27.8 Å². The Morgan fingerprint density at radius 1 is 0.862 bits per heavy atom. The monoisotopic (exact) mass is 440 g/mol. The highest BCUT2D eigenvalue weighted by Crippen LogP contribution is 2.38. The Labute approximate surface area is 163 Å². The highest BCUT2D eigenvalue weighted by molar-refractivity contribution is 7.86. The van der Waals surface area contributed by atoms with Crippen molar-refractivity contribution in [1.82, 2.24) is 0 Å². The summed E-state index contributed by atoms with van der Waals surface area (Å²) in [5, 5.41) is 23.6. The van der Waals surface area contributed by atoms with Crippen molar-refractivity contribution >= 4 is 48.1 Å². The third-order valence-corrected chi connectivity index (χ3v) is 5.59. The fraction of sp³-hybridized carbons (Fsp3) is 0. The van der Waals surface area contributed by atoms with Crippen LogP contribution in [0, 0.1) is 10.1 Å². The van der Waals surface area contributed by atoms with Gasteiger partial charge >= 0.3 is 0 Å². The maximum absolute atomic E-state index is 11.6. The summed E-state index contributed by atoms with van der Waals surface area (Å²) in [6, 6.07) is 8.63. The number of hydrogen-bond donors (Lipinski definition) is 4. The SMILES string of the molecule is O=[N+]([O-])c1ccc(Nc2cc(S(=O)(=O)O)cc3cc(S(=O)(=O)O)cc(O)c23)cc1. The fourth-order valence-electron chi connectivity index (χ4n) is 2.66. The Morgan fingerprint density at radius 3 is 1.86 bits per heavy atom. The van der Waals surface area contributed by atoms with E-state index in [0.29, 0.717) is 0 Å². The first-order valence-corrected chi connectivity index (χ1v) is 10.5. The van der Waals surface area contributed by atoms with Gasteiger partial charge in [0.2, 0.25) is 0 Å². The second kappa shape index (κ2) is 6.97. The summed E-state index contributed by atoms with van der Waals surface area (Å²) >= 11 is 0. The second-order valence-corrected chi connectivity index (χ2v) is 8.73. The van der Waals surface area contributed by atoms with Crippen molar-refractivity contribution < 1.29 is 36.0 Å². The van der Waals surface area contributed by atoms with Crippen molar-refractivity contribution in [2.45, 2.75) is 9.79 Å². The van der Waals surface area contributed by atoms with Gasteiger partial charge in [-0.3, -0.25) is 19.2 Å². The number of non-ortho nitro benzene ring substituents is 1. The van der Waals surface area contributed by atoms with Gasteiger partial charge in [0.25, 0.3) is 25.9 Å². The molecule has 0 aliphatic carbocycles. The number of anilines is 2. The van der Waals surface area contributed by atoms with Crippen LogP contribution in [0.2, 0.25) is 0 Å². The minimum atomic E-state index is -4.71. The molecule has 4 N–H and O–H groups in total. The molecule has 0 saturated carbocycles. The van der Waals surface area contributed by atoms with Crippen LogP contribution in [-0.2, 0) is 20.2 Å². The van der Waals surface area contributed by atoms with Crippen LogP contribution in [0.3, 0.4) is 0 Å². The molecule has 0 radical (unpaired) electrons. The van der Waals surface area contributed by atoms with Crippen molar-refractivity contribution in [3.05, 3.63) is 58.6 Å². The molecule has 0 aromatic heterocycles. The molecule has 0 heterocycles. The average molecular weight is 440 g/mol. The van der Waals surface area contributed by atoms with E-state index in [1.54, 1.807) is 0 Å². The summed E-state index contributed by atoms with van der Waals surface area (Å²) in [6.45, 7) is 0. The van der Waals surface area contributed by atoms with Gasteiger partial charge in [-0.2, -0.15) is 16.8 Å². The summed E-state index contributed by atoms with van der Waals surface area (Å²) < 4.78 is 64.5. The lowest BCUT2D eigenvalue weighted by molar-refractivity contribution is -0.384. The zero-order valence-electron chi connectivity index (χ0n) is 14.2. The van der Waals surface area contributed by atoms with Gasteiger partial charge in [-0.1, -0.05) is 0 Å². The molecule has 29 heavy (non-hydrogen) atoms. The van der Waals surface area contributed by atoms with E-state index in [4.69, 9.17) is 0 Å². The van der Waals surface area contributed by atoms with Crippen molar-refractivity contribution in [1.29, 1.82) is 0 Å². The third-order valence-electron chi connectivity index (χ3n) is 3.93. The number of benzene rings is 3. The summed E-state index contributed by atoms with van der Waals surface area (Å²) in [5.74, 6) is -0.596. The second-order valence-electron chi connectivity index (χ2n) is 5.89. The number of nitrogens with zero attached hydrogens (tertiary/aromatic N) is 1. The predicted molar refractivity (Wildman–Crippen MR) is 102 cm³/mol. The van der Waals surface area contributed by atoms with Crippen LogP contribution >= 0.6 is 0 Å². The molecule has 0 amide bonds. The van der Waals surface area contributed by atoms with Crippen molar-refractivity contribution in [2.24, 2.45) is 0 Å². The molecule has 0 spiro atoms. The number of nitrogens with one attached hydrogen (secondary N) is 1. The van der Waals surface area contributed by atoms with Crippen LogP contribution < -0.4 is 5.32 Å². The van der Waals surface area contributed by atoms with E-state index in [1.165, 1.54) is 24.3 Å². The number of nitro groups is 1. The van der Waals surface area contributed by atoms with Gasteiger partial charge in [0.1, 0.15) is 5.75 Å². The van der Waals surface area contributed by atoms with E-state index < -0.39 is 40.7 Å². The summed E-state index contributed by atoms with van der Waals surface area (Å²) in [6.07, 6.45) is 0. The van der Waals surface area contributed by atoms with Crippen LogP contribution in [0.5, 0.6) is 5.75 Å². The molecule has 11 nitrogen and oxygen atoms in total. The number of phenols is 1. The molecule has 13 heteroatoms. The van der Waals surface area contributed by atoms with Crippen molar-refractivity contribution in [2.75, 3.05) is 5.32 Å². The van der Waals surface area contributed by atoms with Gasteiger partial charge in [0.15, 0.2) is 0 Å². The molecule has 3 rings (SSSR count). The van der Waals surface area contributed by atoms with E-state index in [1.807, 2.05) is 0 Å². The van der Waals surface area contributed by atoms with Gasteiger partial charge in [-0.05, 0) is 35.7 Å². The zero-order chi connectivity index (χ0) is 21.6. The third kappa shape index (κ3) is 4.27. The number of phenolic OH excluding ortho intramolecular Hbond substituents is 1. The molecule has 3 aromatic rings. The summed E-state index contributed by atoms with van der Waals surface area (Å²) in [7, 11) is -9.42. The quantitative estimate of drug-likeness (QED) is 0.261. The highest BCUT2D eigenvalue weighted by atomic mass is 32.2. The molecule has 0 bridgehead atoms. The van der Waals surface area contributed by atoms with E-state index in [0.717, 1.165) is 24.3 Å². The Kier molecular flexibility index (Phi) is 4.92. The fourth-order valence-corrected chi connectivity index (χ4v) is 3.74. The Morgan fingerprint density at radius 2 is 1.38 bits per heavy atom. The van der Waals surface area contributed by atoms with E-state index >= 15 is 0 Å². The lowest BCUT2D eigenvalue weighted by Crippen LogP contribution is -2.02. The van der Waals surface area contributed by atoms with Gasteiger partial charge in [-0.15, -0.1) is 0 Å². The van der Waals surface area contributed by atoms with Gasteiger partial charge in [0.05, 0.1) is 20.4 Å². The van der Waals surface area contributed by atoms with Gasteiger partial charge in [0, 0.05) is 29.3 Å². The highest BCUT2D eigenvalue weighted by Gasteiger charge is 2.20. The Balaban J connectivity index is 2.25. The molecule has 152 valence electrons. The number of hydrogen-bond acceptors (Lipinski definition) is 8. The first-order valence-electron chi connectivity index (χ1n) is 7.63. The smallest absolute Gasteiger partial charge is 0.294 e. The Hall–Kier alpha value is -3.26. The van der Waals surface area contributed by atoms with Gasteiger partial charge in [-0.25, -0.2) is 0 Å². The summed E-state index contributed by atoms with van der Waals surface area (Å²) in [4.78, 5) is 8.84. The molecule has 0 unspecified atom stereocenters. The first kappa shape index (κ1) is 20.5. The molecule has 0 aliphatic rings. The lowest BCUT2D eigenvalue weighted by atomic mass is 10.1. The molecule has 0 saturated heterocycles. The maximum Gasteiger partial charge on any atom is 0.294 e.